The van der Waals surface area contributed by atoms with Gasteiger partial charge in [0.25, 0.3) is 0 Å². The summed E-state index contributed by atoms with van der Waals surface area (Å²) in [6.07, 6.45) is 0. The minimum atomic E-state index is -1.20. The molecule has 0 fully saturated rings. The van der Waals surface area contributed by atoms with Gasteiger partial charge < -0.3 is 9.47 Å². The Labute approximate surface area is 110 Å². The van der Waals surface area contributed by atoms with Gasteiger partial charge in [0.2, 0.25) is 0 Å². The Bertz CT molecular complexity index is 443. The van der Waals surface area contributed by atoms with Gasteiger partial charge in [-0.05, 0) is 24.6 Å². The summed E-state index contributed by atoms with van der Waals surface area (Å²) in [5.41, 5.74) is 1.50. The van der Waals surface area contributed by atoms with Crippen LogP contribution in [0.2, 0.25) is 0 Å². The fourth-order valence-electron chi connectivity index (χ4n) is 1.50. The van der Waals surface area contributed by atoms with Crippen molar-refractivity contribution in [1.82, 2.24) is 0 Å². The predicted octanol–water partition coefficient (Wildman–Crippen LogP) is 1.58. The van der Waals surface area contributed by atoms with Gasteiger partial charge in [0.1, 0.15) is 5.75 Å². The lowest BCUT2D eigenvalue weighted by molar-refractivity contribution is 0.101. The van der Waals surface area contributed by atoms with Gasteiger partial charge in [-0.15, -0.1) is 0 Å². The Hall–Kier alpha value is -1.20. The van der Waals surface area contributed by atoms with Gasteiger partial charge >= 0.3 is 0 Å². The summed E-state index contributed by atoms with van der Waals surface area (Å²) in [4.78, 5) is 12.0. The topological polar surface area (TPSA) is 52.6 Å². The van der Waals surface area contributed by atoms with E-state index in [1.54, 1.807) is 19.2 Å². The Kier molecular flexibility index (Phi) is 6.01. The van der Waals surface area contributed by atoms with Crippen LogP contribution in [0.3, 0.4) is 0 Å². The first kappa shape index (κ1) is 14.9. The first-order chi connectivity index (χ1) is 8.58. The lowest BCUT2D eigenvalue weighted by Crippen LogP contribution is -2.16. The Balaban J connectivity index is 2.75. The van der Waals surface area contributed by atoms with Gasteiger partial charge in [0.05, 0.1) is 25.0 Å². The summed E-state index contributed by atoms with van der Waals surface area (Å²) in [6.45, 7) is 2.32. The third-order valence-corrected chi connectivity index (χ3v) is 3.67. The Morgan fingerprint density at radius 2 is 2.06 bits per heavy atom. The molecule has 4 nitrogen and oxygen atoms in total. The number of hydrogen-bond donors (Lipinski definition) is 0. The number of carbonyl (C=O) groups excluding carboxylic acids is 1. The van der Waals surface area contributed by atoms with Crippen molar-refractivity contribution < 1.29 is 18.5 Å². The van der Waals surface area contributed by atoms with Crippen LogP contribution in [0.25, 0.3) is 0 Å². The van der Waals surface area contributed by atoms with Crippen molar-refractivity contribution in [1.29, 1.82) is 0 Å². The standard InChI is InChI=1S/C13H18O4S/c1-10-4-5-11(13(8-10)17-3)12(14)9-18(15)7-6-16-2/h4-5,8H,6-7,9H2,1-3H3. The second-order valence-electron chi connectivity index (χ2n) is 3.91. The molecule has 0 aliphatic rings. The molecule has 1 rings (SSSR count). The molecule has 1 atom stereocenters. The van der Waals surface area contributed by atoms with Crippen LogP contribution in [0.5, 0.6) is 5.75 Å². The van der Waals surface area contributed by atoms with Crippen LogP contribution in [0.15, 0.2) is 18.2 Å². The monoisotopic (exact) mass is 270 g/mol. The average Bonchev–Trinajstić information content (AvgIpc) is 2.35. The number of hydrogen-bond acceptors (Lipinski definition) is 4. The maximum Gasteiger partial charge on any atom is 0.179 e. The van der Waals surface area contributed by atoms with Gasteiger partial charge in [0.15, 0.2) is 5.78 Å². The van der Waals surface area contributed by atoms with E-state index in [9.17, 15) is 9.00 Å². The second kappa shape index (κ2) is 7.28. The zero-order chi connectivity index (χ0) is 13.5. The van der Waals surface area contributed by atoms with Crippen molar-refractivity contribution in [2.45, 2.75) is 6.92 Å². The number of aryl methyl sites for hydroxylation is 1. The molecule has 0 saturated carbocycles. The molecule has 1 aromatic rings. The lowest BCUT2D eigenvalue weighted by Gasteiger charge is -2.08. The molecule has 0 amide bonds. The van der Waals surface area contributed by atoms with E-state index in [4.69, 9.17) is 9.47 Å². The van der Waals surface area contributed by atoms with Crippen LogP contribution in [0.4, 0.5) is 0 Å². The van der Waals surface area contributed by atoms with Gasteiger partial charge in [-0.2, -0.15) is 0 Å². The van der Waals surface area contributed by atoms with Crippen LogP contribution in [0, 0.1) is 6.92 Å². The predicted molar refractivity (Wildman–Crippen MR) is 71.8 cm³/mol. The number of Topliss-reactive ketones (excluding diaryl/α,β-unsaturated/α-hetero) is 1. The number of carbonyl (C=O) groups is 1. The maximum atomic E-state index is 12.0. The molecule has 0 aromatic heterocycles. The molecule has 0 bridgehead atoms. The largest absolute Gasteiger partial charge is 0.496 e. The molecule has 0 radical (unpaired) electrons. The van der Waals surface area contributed by atoms with E-state index in [0.717, 1.165) is 5.56 Å². The van der Waals surface area contributed by atoms with Gasteiger partial charge in [-0.25, -0.2) is 0 Å². The summed E-state index contributed by atoms with van der Waals surface area (Å²) < 4.78 is 21.6. The molecule has 1 unspecified atom stereocenters. The van der Waals surface area contributed by atoms with Crippen molar-refractivity contribution >= 4 is 16.6 Å². The van der Waals surface area contributed by atoms with E-state index >= 15 is 0 Å². The molecule has 18 heavy (non-hydrogen) atoms. The number of ether oxygens (including phenoxy) is 2. The quantitative estimate of drug-likeness (QED) is 0.706. The highest BCUT2D eigenvalue weighted by atomic mass is 32.2. The van der Waals surface area contributed by atoms with Gasteiger partial charge in [0, 0.05) is 23.7 Å². The third-order valence-electron chi connectivity index (χ3n) is 2.46. The molecule has 0 aliphatic heterocycles. The number of rotatable bonds is 7. The summed E-state index contributed by atoms with van der Waals surface area (Å²) in [6, 6.07) is 5.35. The first-order valence-corrected chi connectivity index (χ1v) is 7.09. The molecular weight excluding hydrogens is 252 g/mol. The highest BCUT2D eigenvalue weighted by molar-refractivity contribution is 7.85. The Morgan fingerprint density at radius 3 is 2.67 bits per heavy atom. The molecule has 0 aliphatic carbocycles. The Morgan fingerprint density at radius 1 is 1.33 bits per heavy atom. The lowest BCUT2D eigenvalue weighted by atomic mass is 10.1. The highest BCUT2D eigenvalue weighted by Gasteiger charge is 2.15. The van der Waals surface area contributed by atoms with Crippen molar-refractivity contribution in [2.24, 2.45) is 0 Å². The van der Waals surface area contributed by atoms with Crippen molar-refractivity contribution in [3.05, 3.63) is 29.3 Å². The third kappa shape index (κ3) is 4.23. The normalized spacial score (nSPS) is 12.2. The molecule has 0 spiro atoms. The van der Waals surface area contributed by atoms with Crippen LogP contribution < -0.4 is 4.74 Å². The van der Waals surface area contributed by atoms with Gasteiger partial charge in [-0.1, -0.05) is 6.07 Å². The summed E-state index contributed by atoms with van der Waals surface area (Å²) in [5.74, 6) is 0.740. The average molecular weight is 270 g/mol. The van der Waals surface area contributed by atoms with Crippen LogP contribution in [-0.4, -0.2) is 42.3 Å². The zero-order valence-corrected chi connectivity index (χ0v) is 11.7. The molecule has 0 heterocycles. The number of methoxy groups -OCH3 is 2. The van der Waals surface area contributed by atoms with Gasteiger partial charge in [-0.3, -0.25) is 9.00 Å². The fourth-order valence-corrected chi connectivity index (χ4v) is 2.45. The maximum absolute atomic E-state index is 12.0. The molecule has 5 heteroatoms. The molecule has 0 N–H and O–H groups in total. The highest BCUT2D eigenvalue weighted by Crippen LogP contribution is 2.20. The van der Waals surface area contributed by atoms with Crippen LogP contribution >= 0.6 is 0 Å². The smallest absolute Gasteiger partial charge is 0.179 e. The SMILES string of the molecule is COCCS(=O)CC(=O)c1ccc(C)cc1OC. The van der Waals surface area contributed by atoms with Crippen LogP contribution in [0.1, 0.15) is 15.9 Å². The van der Waals surface area contributed by atoms with Crippen molar-refractivity contribution in [3.63, 3.8) is 0 Å². The fraction of sp³-hybridized carbons (Fsp3) is 0.462. The number of ketones is 1. The first-order valence-electron chi connectivity index (χ1n) is 5.60. The van der Waals surface area contributed by atoms with Crippen LogP contribution in [-0.2, 0) is 15.5 Å². The van der Waals surface area contributed by atoms with E-state index in [2.05, 4.69) is 0 Å². The van der Waals surface area contributed by atoms with E-state index in [0.29, 0.717) is 23.7 Å². The summed E-state index contributed by atoms with van der Waals surface area (Å²) >= 11 is 0. The molecular formula is C13H18O4S. The van der Waals surface area contributed by atoms with Crippen molar-refractivity contribution in [3.8, 4) is 5.75 Å². The minimum absolute atomic E-state index is 0.00276. The van der Waals surface area contributed by atoms with E-state index in [1.165, 1.54) is 7.11 Å². The second-order valence-corrected chi connectivity index (χ2v) is 5.48. The van der Waals surface area contributed by atoms with E-state index in [1.807, 2.05) is 13.0 Å². The molecule has 100 valence electrons. The summed E-state index contributed by atoms with van der Waals surface area (Å²) in [5, 5.41) is 0. The van der Waals surface area contributed by atoms with E-state index in [-0.39, 0.29) is 11.5 Å². The minimum Gasteiger partial charge on any atom is -0.496 e. The zero-order valence-electron chi connectivity index (χ0n) is 10.9. The van der Waals surface area contributed by atoms with Crippen molar-refractivity contribution in [2.75, 3.05) is 32.3 Å². The molecule has 1 aromatic carbocycles. The number of benzene rings is 1. The van der Waals surface area contributed by atoms with E-state index < -0.39 is 10.8 Å². The molecule has 0 saturated heterocycles. The summed E-state index contributed by atoms with van der Waals surface area (Å²) in [7, 11) is 1.87.